The second-order valence-electron chi connectivity index (χ2n) is 13.5. The van der Waals surface area contributed by atoms with Crippen molar-refractivity contribution in [3.63, 3.8) is 0 Å². The van der Waals surface area contributed by atoms with E-state index < -0.39 is 0 Å². The second-order valence-corrected chi connectivity index (χ2v) is 13.5. The minimum absolute atomic E-state index is 0. The Morgan fingerprint density at radius 3 is 2.26 bits per heavy atom. The van der Waals surface area contributed by atoms with E-state index in [-0.39, 0.29) is 26.5 Å². The first-order valence-electron chi connectivity index (χ1n) is 16.5. The summed E-state index contributed by atoms with van der Waals surface area (Å²) in [4.78, 5) is 4.81. The fourth-order valence-electron chi connectivity index (χ4n) is 6.81. The number of nitrogens with zero attached hydrogens (tertiary/aromatic N) is 5. The summed E-state index contributed by atoms with van der Waals surface area (Å²) in [5.41, 5.74) is 8.39. The van der Waals surface area contributed by atoms with Crippen LogP contribution in [0.15, 0.2) is 128 Å². The Hall–Kier alpha value is -5.45. The molecule has 5 aromatic carbocycles. The molecule has 0 aliphatic carbocycles. The third-order valence-corrected chi connectivity index (χ3v) is 9.29. The Morgan fingerprint density at radius 2 is 1.44 bits per heavy atom. The van der Waals surface area contributed by atoms with Crippen molar-refractivity contribution in [3.8, 4) is 28.7 Å². The first-order chi connectivity index (χ1) is 23.8. The fraction of sp³-hybridized carbons (Fsp3) is 0.116. The van der Waals surface area contributed by atoms with Crippen LogP contribution >= 0.6 is 0 Å². The second kappa shape index (κ2) is 12.2. The van der Waals surface area contributed by atoms with Gasteiger partial charge in [0.15, 0.2) is 0 Å². The molecule has 4 heterocycles. The van der Waals surface area contributed by atoms with Crippen LogP contribution in [0, 0.1) is 18.5 Å². The van der Waals surface area contributed by atoms with E-state index in [4.69, 9.17) is 9.72 Å². The van der Waals surface area contributed by atoms with E-state index in [1.54, 1.807) is 0 Å². The monoisotopic (exact) mass is 830 g/mol. The molecule has 0 radical (unpaired) electrons. The van der Waals surface area contributed by atoms with Crippen molar-refractivity contribution in [2.24, 2.45) is 7.05 Å². The molecule has 0 bridgehead atoms. The van der Waals surface area contributed by atoms with Gasteiger partial charge < -0.3 is 13.9 Å². The zero-order chi connectivity index (χ0) is 33.3. The molecule has 248 valence electrons. The van der Waals surface area contributed by atoms with Crippen LogP contribution in [-0.2, 0) is 33.5 Å². The average molecular weight is 831 g/mol. The summed E-state index contributed by atoms with van der Waals surface area (Å²) in [5.74, 6) is 2.08. The molecule has 0 fully saturated rings. The van der Waals surface area contributed by atoms with Gasteiger partial charge in [-0.05, 0) is 58.4 Å². The van der Waals surface area contributed by atoms with Crippen LogP contribution in [0.25, 0.3) is 60.9 Å². The van der Waals surface area contributed by atoms with Gasteiger partial charge >= 0.3 is 0 Å². The van der Waals surface area contributed by atoms with Gasteiger partial charge in [-0.25, -0.2) is 4.98 Å². The molecule has 0 saturated heterocycles. The van der Waals surface area contributed by atoms with Crippen LogP contribution in [0.3, 0.4) is 0 Å². The normalized spacial score (nSPS) is 11.8. The molecule has 50 heavy (non-hydrogen) atoms. The smallest absolute Gasteiger partial charge is 0.268 e. The van der Waals surface area contributed by atoms with Crippen LogP contribution in [0.5, 0.6) is 11.5 Å². The molecule has 9 rings (SSSR count). The molecule has 0 amide bonds. The van der Waals surface area contributed by atoms with Crippen LogP contribution in [-0.4, -0.2) is 18.7 Å². The van der Waals surface area contributed by atoms with Gasteiger partial charge in [0.05, 0.1) is 22.4 Å². The zero-order valence-electron chi connectivity index (χ0n) is 28.1. The standard InChI is InChI=1S/C43H33N5O.Pt/c1-43(2,3)29-22-23-44-42(24-29)48-37-15-9-8-14-33(37)34-20-18-32(26-40(34)48)49-31-19-21-36-35(25-31)41(27-45(36)4)47-28-46(30-12-6-5-7-13-30)38-16-10-11-17-39(38)47;/h5-24,27H,1-4H3;/q-2;. The number of hydrogen-bond acceptors (Lipinski definition) is 2. The van der Waals surface area contributed by atoms with Gasteiger partial charge in [-0.1, -0.05) is 104 Å². The van der Waals surface area contributed by atoms with E-state index in [2.05, 4.69) is 156 Å². The summed E-state index contributed by atoms with van der Waals surface area (Å²) >= 11 is 0. The van der Waals surface area contributed by atoms with Gasteiger partial charge in [-0.3, -0.25) is 9.13 Å². The van der Waals surface area contributed by atoms with Gasteiger partial charge in [0, 0.05) is 51.3 Å². The molecule has 9 aromatic rings. The Balaban J connectivity index is 0.00000361. The van der Waals surface area contributed by atoms with Crippen molar-refractivity contribution < 1.29 is 30.4 Å². The summed E-state index contributed by atoms with van der Waals surface area (Å²) in [5, 5.41) is 3.18. The van der Waals surface area contributed by atoms with Crippen LogP contribution in [0.2, 0.25) is 0 Å². The summed E-state index contributed by atoms with van der Waals surface area (Å²) in [6.07, 6.45) is 7.63. The predicted molar refractivity (Wildman–Crippen MR) is 195 cm³/mol. The summed E-state index contributed by atoms with van der Waals surface area (Å²) in [6.45, 7) is 6.66. The molecule has 0 N–H and O–H groups in total. The molecule has 0 aliphatic heterocycles. The fourth-order valence-corrected chi connectivity index (χ4v) is 6.81. The molecule has 0 saturated carbocycles. The number of aromatic nitrogens is 5. The number of benzene rings is 5. The first-order valence-corrected chi connectivity index (χ1v) is 16.5. The Kier molecular flexibility index (Phi) is 7.73. The molecule has 4 aromatic heterocycles. The van der Waals surface area contributed by atoms with Gasteiger partial charge in [-0.15, -0.1) is 23.6 Å². The van der Waals surface area contributed by atoms with Gasteiger partial charge in [0.2, 0.25) is 0 Å². The molecule has 0 unspecified atom stereocenters. The molecule has 0 spiro atoms. The van der Waals surface area contributed by atoms with Crippen molar-refractivity contribution in [2.45, 2.75) is 26.2 Å². The number of aryl methyl sites for hydroxylation is 1. The number of pyridine rings is 1. The third kappa shape index (κ3) is 5.23. The van der Waals surface area contributed by atoms with E-state index in [1.807, 2.05) is 36.5 Å². The summed E-state index contributed by atoms with van der Waals surface area (Å²) in [7, 11) is 2.06. The summed E-state index contributed by atoms with van der Waals surface area (Å²) < 4.78 is 15.1. The van der Waals surface area contributed by atoms with E-state index in [1.165, 1.54) is 5.56 Å². The molecular weight excluding hydrogens is 798 g/mol. The molecule has 0 atom stereocenters. The van der Waals surface area contributed by atoms with E-state index in [9.17, 15) is 0 Å². The number of hydrogen-bond donors (Lipinski definition) is 0. The number of imidazole rings is 1. The minimum atomic E-state index is -0.00823. The van der Waals surface area contributed by atoms with Gasteiger partial charge in [0.1, 0.15) is 5.82 Å². The molecule has 6 nitrogen and oxygen atoms in total. The maximum absolute atomic E-state index is 6.54. The van der Waals surface area contributed by atoms with Gasteiger partial charge in [-0.2, -0.15) is 6.07 Å². The van der Waals surface area contributed by atoms with E-state index in [0.717, 1.165) is 60.9 Å². The Morgan fingerprint density at radius 1 is 0.720 bits per heavy atom. The van der Waals surface area contributed by atoms with Crippen molar-refractivity contribution in [3.05, 3.63) is 152 Å². The summed E-state index contributed by atoms with van der Waals surface area (Å²) in [6, 6.07) is 46.7. The molecule has 0 aliphatic rings. The average Bonchev–Trinajstić information content (AvgIpc) is 3.77. The topological polar surface area (TPSA) is 40.8 Å². The van der Waals surface area contributed by atoms with E-state index >= 15 is 0 Å². The molecule has 7 heteroatoms. The number of rotatable bonds is 5. The van der Waals surface area contributed by atoms with Crippen LogP contribution < -0.4 is 9.30 Å². The van der Waals surface area contributed by atoms with Crippen LogP contribution in [0.4, 0.5) is 0 Å². The van der Waals surface area contributed by atoms with Crippen molar-refractivity contribution in [2.75, 3.05) is 0 Å². The maximum Gasteiger partial charge on any atom is 0.268 e. The number of para-hydroxylation sites is 4. The molecular formula is C43H33N5OPt-2. The number of fused-ring (bicyclic) bond motifs is 5. The Labute approximate surface area is 305 Å². The minimum Gasteiger partial charge on any atom is -0.503 e. The third-order valence-electron chi connectivity index (χ3n) is 9.29. The van der Waals surface area contributed by atoms with Crippen molar-refractivity contribution in [1.29, 1.82) is 0 Å². The number of ether oxygens (including phenoxy) is 1. The largest absolute Gasteiger partial charge is 0.503 e. The van der Waals surface area contributed by atoms with E-state index in [0.29, 0.717) is 11.5 Å². The van der Waals surface area contributed by atoms with Crippen molar-refractivity contribution >= 4 is 43.7 Å². The van der Waals surface area contributed by atoms with Gasteiger partial charge in [0.25, 0.3) is 6.33 Å². The quantitative estimate of drug-likeness (QED) is 0.128. The maximum atomic E-state index is 6.54. The SMILES string of the molecule is Cn1cc(-n2[c-][n+](-c3ccccc3)c3ccccc32)c2[c-]c(Oc3[c-]c4c(cc3)c3ccccc3n4-c3cc(C(C)(C)C)ccn3)ccc21.[Pt]. The van der Waals surface area contributed by atoms with Crippen LogP contribution in [0.1, 0.15) is 26.3 Å². The first kappa shape index (κ1) is 31.8. The van der Waals surface area contributed by atoms with Crippen molar-refractivity contribution in [1.82, 2.24) is 18.7 Å². The zero-order valence-corrected chi connectivity index (χ0v) is 30.4. The predicted octanol–water partition coefficient (Wildman–Crippen LogP) is 9.38. The Bertz CT molecular complexity index is 2690.